The van der Waals surface area contributed by atoms with Crippen LogP contribution in [0.2, 0.25) is 0 Å². The molecule has 0 aromatic heterocycles. The van der Waals surface area contributed by atoms with E-state index in [9.17, 15) is 5.11 Å². The summed E-state index contributed by atoms with van der Waals surface area (Å²) in [5, 5.41) is 9.44. The molecule has 1 heterocycles. The van der Waals surface area contributed by atoms with Crippen LogP contribution in [-0.4, -0.2) is 42.9 Å². The van der Waals surface area contributed by atoms with Gasteiger partial charge in [-0.2, -0.15) is 0 Å². The molecule has 0 radical (unpaired) electrons. The lowest BCUT2D eigenvalue weighted by atomic mass is 9.85. The number of piperidine rings is 1. The summed E-state index contributed by atoms with van der Waals surface area (Å²) in [7, 11) is 2.15. The topological polar surface area (TPSA) is 32.7 Å². The van der Waals surface area contributed by atoms with Crippen molar-refractivity contribution >= 4 is 0 Å². The standard InChI is InChI=1S/C16H25NO2/c1-16(2,12-18)13-5-4-6-15(11-13)19-14-7-9-17(3)10-8-14/h4-6,11,14,18H,7-10,12H2,1-3H3. The molecule has 0 bridgehead atoms. The molecule has 3 nitrogen and oxygen atoms in total. The summed E-state index contributed by atoms with van der Waals surface area (Å²) >= 11 is 0. The van der Waals surface area contributed by atoms with Crippen LogP contribution in [0.3, 0.4) is 0 Å². The van der Waals surface area contributed by atoms with Gasteiger partial charge in [-0.3, -0.25) is 0 Å². The Hall–Kier alpha value is -1.06. The molecule has 0 saturated carbocycles. The number of rotatable bonds is 4. The molecule has 0 spiro atoms. The van der Waals surface area contributed by atoms with E-state index in [1.807, 2.05) is 26.0 Å². The molecular formula is C16H25NO2. The van der Waals surface area contributed by atoms with Crippen LogP contribution in [0.25, 0.3) is 0 Å². The summed E-state index contributed by atoms with van der Waals surface area (Å²) in [5.41, 5.74) is 0.909. The Morgan fingerprint density at radius 2 is 2.00 bits per heavy atom. The predicted molar refractivity (Wildman–Crippen MR) is 77.7 cm³/mol. The Bertz CT molecular complexity index is 409. The number of nitrogens with zero attached hydrogens (tertiary/aromatic N) is 1. The predicted octanol–water partition coefficient (Wildman–Crippen LogP) is 2.43. The average Bonchev–Trinajstić information content (AvgIpc) is 2.42. The minimum Gasteiger partial charge on any atom is -0.490 e. The fourth-order valence-electron chi connectivity index (χ4n) is 2.38. The van der Waals surface area contributed by atoms with Crippen molar-refractivity contribution in [1.82, 2.24) is 4.90 Å². The summed E-state index contributed by atoms with van der Waals surface area (Å²) in [5.74, 6) is 0.925. The van der Waals surface area contributed by atoms with E-state index in [1.54, 1.807) is 0 Å². The molecule has 1 aromatic carbocycles. The summed E-state index contributed by atoms with van der Waals surface area (Å²) in [6.07, 6.45) is 2.50. The van der Waals surface area contributed by atoms with Gasteiger partial charge in [0.25, 0.3) is 0 Å². The highest BCUT2D eigenvalue weighted by molar-refractivity contribution is 5.33. The monoisotopic (exact) mass is 263 g/mol. The minimum atomic E-state index is -0.216. The van der Waals surface area contributed by atoms with Gasteiger partial charge in [0, 0.05) is 18.5 Å². The van der Waals surface area contributed by atoms with E-state index in [4.69, 9.17) is 4.74 Å². The van der Waals surface area contributed by atoms with Gasteiger partial charge in [0.2, 0.25) is 0 Å². The first-order valence-electron chi connectivity index (χ1n) is 7.08. The Morgan fingerprint density at radius 3 is 2.63 bits per heavy atom. The first-order valence-corrected chi connectivity index (χ1v) is 7.08. The Kier molecular flexibility index (Phi) is 4.48. The number of hydrogen-bond donors (Lipinski definition) is 1. The fourth-order valence-corrected chi connectivity index (χ4v) is 2.38. The number of likely N-dealkylation sites (tertiary alicyclic amines) is 1. The lowest BCUT2D eigenvalue weighted by Crippen LogP contribution is -2.35. The van der Waals surface area contributed by atoms with Gasteiger partial charge in [0.05, 0.1) is 6.61 Å². The highest BCUT2D eigenvalue weighted by Crippen LogP contribution is 2.27. The molecule has 3 heteroatoms. The van der Waals surface area contributed by atoms with E-state index in [0.717, 1.165) is 37.2 Å². The number of ether oxygens (including phenoxy) is 1. The second kappa shape index (κ2) is 5.93. The molecule has 0 atom stereocenters. The van der Waals surface area contributed by atoms with Crippen LogP contribution in [0.15, 0.2) is 24.3 Å². The quantitative estimate of drug-likeness (QED) is 0.905. The van der Waals surface area contributed by atoms with Crippen molar-refractivity contribution in [1.29, 1.82) is 0 Å². The zero-order chi connectivity index (χ0) is 13.9. The third-order valence-electron chi connectivity index (χ3n) is 3.98. The van der Waals surface area contributed by atoms with E-state index in [-0.39, 0.29) is 12.0 Å². The normalized spacial score (nSPS) is 18.5. The molecule has 1 fully saturated rings. The molecule has 1 aliphatic rings. The highest BCUT2D eigenvalue weighted by Gasteiger charge is 2.21. The van der Waals surface area contributed by atoms with Crippen LogP contribution < -0.4 is 4.74 Å². The van der Waals surface area contributed by atoms with Crippen LogP contribution in [0.5, 0.6) is 5.75 Å². The van der Waals surface area contributed by atoms with E-state index < -0.39 is 0 Å². The minimum absolute atomic E-state index is 0.144. The summed E-state index contributed by atoms with van der Waals surface area (Å²) < 4.78 is 6.08. The maximum Gasteiger partial charge on any atom is 0.120 e. The van der Waals surface area contributed by atoms with Gasteiger partial charge in [-0.1, -0.05) is 26.0 Å². The third kappa shape index (κ3) is 3.71. The maximum absolute atomic E-state index is 9.44. The zero-order valence-electron chi connectivity index (χ0n) is 12.2. The van der Waals surface area contributed by atoms with Crippen molar-refractivity contribution in [3.8, 4) is 5.75 Å². The molecule has 106 valence electrons. The van der Waals surface area contributed by atoms with Crippen molar-refractivity contribution in [2.24, 2.45) is 0 Å². The van der Waals surface area contributed by atoms with Crippen molar-refractivity contribution in [2.75, 3.05) is 26.7 Å². The largest absolute Gasteiger partial charge is 0.490 e. The van der Waals surface area contributed by atoms with Crippen molar-refractivity contribution in [3.05, 3.63) is 29.8 Å². The molecule has 1 aromatic rings. The van der Waals surface area contributed by atoms with Crippen LogP contribution in [-0.2, 0) is 5.41 Å². The molecular weight excluding hydrogens is 238 g/mol. The number of aliphatic hydroxyl groups is 1. The molecule has 1 aliphatic heterocycles. The van der Waals surface area contributed by atoms with Crippen LogP contribution >= 0.6 is 0 Å². The molecule has 19 heavy (non-hydrogen) atoms. The van der Waals surface area contributed by atoms with Gasteiger partial charge in [-0.05, 0) is 37.6 Å². The van der Waals surface area contributed by atoms with Gasteiger partial charge in [-0.25, -0.2) is 0 Å². The summed E-state index contributed by atoms with van der Waals surface area (Å²) in [6, 6.07) is 8.14. The summed E-state index contributed by atoms with van der Waals surface area (Å²) in [4.78, 5) is 2.34. The number of hydrogen-bond acceptors (Lipinski definition) is 3. The van der Waals surface area contributed by atoms with E-state index in [2.05, 4.69) is 24.1 Å². The smallest absolute Gasteiger partial charge is 0.120 e. The fraction of sp³-hybridized carbons (Fsp3) is 0.625. The molecule has 0 aliphatic carbocycles. The molecule has 0 amide bonds. The van der Waals surface area contributed by atoms with Crippen molar-refractivity contribution in [3.63, 3.8) is 0 Å². The summed E-state index contributed by atoms with van der Waals surface area (Å²) in [6.45, 7) is 6.44. The first-order chi connectivity index (χ1) is 9.01. The van der Waals surface area contributed by atoms with E-state index in [0.29, 0.717) is 6.10 Å². The van der Waals surface area contributed by atoms with Gasteiger partial charge in [-0.15, -0.1) is 0 Å². The van der Waals surface area contributed by atoms with Gasteiger partial charge >= 0.3 is 0 Å². The van der Waals surface area contributed by atoms with E-state index >= 15 is 0 Å². The second-order valence-corrected chi connectivity index (χ2v) is 6.19. The zero-order valence-corrected chi connectivity index (χ0v) is 12.2. The van der Waals surface area contributed by atoms with Crippen LogP contribution in [0.1, 0.15) is 32.3 Å². The molecule has 1 saturated heterocycles. The Morgan fingerprint density at radius 1 is 1.32 bits per heavy atom. The second-order valence-electron chi connectivity index (χ2n) is 6.19. The SMILES string of the molecule is CN1CCC(Oc2cccc(C(C)(C)CO)c2)CC1. The van der Waals surface area contributed by atoms with Crippen LogP contribution in [0, 0.1) is 0 Å². The van der Waals surface area contributed by atoms with Gasteiger partial charge < -0.3 is 14.7 Å². The lowest BCUT2D eigenvalue weighted by Gasteiger charge is -2.30. The third-order valence-corrected chi connectivity index (χ3v) is 3.98. The molecule has 2 rings (SSSR count). The Balaban J connectivity index is 2.03. The highest BCUT2D eigenvalue weighted by atomic mass is 16.5. The molecule has 1 N–H and O–H groups in total. The maximum atomic E-state index is 9.44. The average molecular weight is 263 g/mol. The van der Waals surface area contributed by atoms with Gasteiger partial charge in [0.15, 0.2) is 0 Å². The first kappa shape index (κ1) is 14.4. The Labute approximate surface area is 116 Å². The molecule has 0 unspecified atom stereocenters. The number of benzene rings is 1. The van der Waals surface area contributed by atoms with Crippen LogP contribution in [0.4, 0.5) is 0 Å². The van der Waals surface area contributed by atoms with Crippen molar-refractivity contribution in [2.45, 2.75) is 38.2 Å². The van der Waals surface area contributed by atoms with Gasteiger partial charge in [0.1, 0.15) is 11.9 Å². The van der Waals surface area contributed by atoms with Crippen molar-refractivity contribution < 1.29 is 9.84 Å². The number of aliphatic hydroxyl groups excluding tert-OH is 1. The lowest BCUT2D eigenvalue weighted by molar-refractivity contribution is 0.114. The van der Waals surface area contributed by atoms with E-state index in [1.165, 1.54) is 0 Å².